The first-order chi connectivity index (χ1) is 21.7. The van der Waals surface area contributed by atoms with Crippen LogP contribution < -0.4 is 25.0 Å². The van der Waals surface area contributed by atoms with Crippen LogP contribution >= 0.6 is 11.6 Å². The van der Waals surface area contributed by atoms with Gasteiger partial charge >= 0.3 is 6.03 Å². The van der Waals surface area contributed by atoms with Crippen molar-refractivity contribution in [3.05, 3.63) is 83.0 Å². The van der Waals surface area contributed by atoms with Crippen molar-refractivity contribution in [2.75, 3.05) is 38.4 Å². The van der Waals surface area contributed by atoms with Gasteiger partial charge in [0.2, 0.25) is 0 Å². The molecular formula is C33H34ClF2N5O4. The van der Waals surface area contributed by atoms with Crippen molar-refractivity contribution in [3.8, 4) is 23.0 Å². The third-order valence-electron chi connectivity index (χ3n) is 7.60. The van der Waals surface area contributed by atoms with Crippen LogP contribution in [-0.4, -0.2) is 55.5 Å². The van der Waals surface area contributed by atoms with Gasteiger partial charge in [0.25, 0.3) is 0 Å². The van der Waals surface area contributed by atoms with Gasteiger partial charge in [-0.1, -0.05) is 18.5 Å². The van der Waals surface area contributed by atoms with E-state index in [1.54, 1.807) is 31.5 Å². The fourth-order valence-electron chi connectivity index (χ4n) is 5.05. The van der Waals surface area contributed by atoms with Gasteiger partial charge in [-0.15, -0.1) is 0 Å². The molecule has 2 amide bonds. The summed E-state index contributed by atoms with van der Waals surface area (Å²) >= 11 is 6.03. The monoisotopic (exact) mass is 637 g/mol. The Hall–Kier alpha value is -4.48. The minimum atomic E-state index is -0.969. The van der Waals surface area contributed by atoms with Crippen LogP contribution in [0.5, 0.6) is 23.0 Å². The number of rotatable bonds is 11. The Morgan fingerprint density at radius 3 is 2.60 bits per heavy atom. The molecule has 4 aromatic rings. The van der Waals surface area contributed by atoms with E-state index >= 15 is 4.39 Å². The van der Waals surface area contributed by atoms with Crippen LogP contribution in [0.4, 0.5) is 19.3 Å². The molecule has 5 rings (SSSR count). The topological polar surface area (TPSA) is 103 Å². The average molecular weight is 638 g/mol. The number of hydrazone groups is 1. The molecule has 0 radical (unpaired) electrons. The number of primary amides is 1. The lowest BCUT2D eigenvalue weighted by atomic mass is 9.99. The SMILES string of the molecule is COc1cc2c(Oc3ccc(N(/N=C/c4ccc(F)cc4Cl)C(N)=O)cc3F)ccnc2cc1OCCCN1CCC(C)CC1. The molecule has 45 heavy (non-hydrogen) atoms. The summed E-state index contributed by atoms with van der Waals surface area (Å²) in [4.78, 5) is 19.0. The Morgan fingerprint density at radius 1 is 1.09 bits per heavy atom. The number of methoxy groups -OCH3 is 1. The van der Waals surface area contributed by atoms with Crippen molar-refractivity contribution in [1.82, 2.24) is 9.88 Å². The van der Waals surface area contributed by atoms with Gasteiger partial charge in [0, 0.05) is 35.8 Å². The van der Waals surface area contributed by atoms with Crippen LogP contribution in [0.15, 0.2) is 65.9 Å². The summed E-state index contributed by atoms with van der Waals surface area (Å²) in [6.07, 6.45) is 6.14. The first-order valence-corrected chi connectivity index (χ1v) is 15.0. The second-order valence-electron chi connectivity index (χ2n) is 10.8. The molecule has 1 aliphatic rings. The summed E-state index contributed by atoms with van der Waals surface area (Å²) in [5, 5.41) is 5.47. The number of carbonyl (C=O) groups excluding carboxylic acids is 1. The van der Waals surface area contributed by atoms with Crippen molar-refractivity contribution in [3.63, 3.8) is 0 Å². The number of nitrogens with two attached hydrogens (primary N) is 1. The maximum Gasteiger partial charge on any atom is 0.340 e. The quantitative estimate of drug-likeness (QED) is 0.105. The van der Waals surface area contributed by atoms with Crippen molar-refractivity contribution in [1.29, 1.82) is 0 Å². The standard InChI is InChI=1S/C33H34ClF2N5O4/c1-21-9-13-40(14-10-21)12-3-15-44-32-19-28-25(18-31(32)43-2)29(8-11-38-28)45-30-7-6-24(17-27(30)36)41(33(37)42)39-20-22-4-5-23(35)16-26(22)34/h4-8,11,16-21H,3,9-10,12-15H2,1-2H3,(H2,37,42)/b39-20+. The minimum Gasteiger partial charge on any atom is -0.493 e. The molecule has 0 unspecified atom stereocenters. The Labute approximate surface area is 265 Å². The number of hydrogen-bond acceptors (Lipinski definition) is 7. The molecule has 2 N–H and O–H groups in total. The number of likely N-dealkylation sites (tertiary alicyclic amines) is 1. The molecule has 0 bridgehead atoms. The number of benzene rings is 3. The molecule has 3 aromatic carbocycles. The number of pyridine rings is 1. The van der Waals surface area contributed by atoms with Gasteiger partial charge in [0.15, 0.2) is 23.1 Å². The molecule has 2 heterocycles. The number of amides is 2. The average Bonchev–Trinajstić information content (AvgIpc) is 3.02. The van der Waals surface area contributed by atoms with E-state index in [9.17, 15) is 9.18 Å². The highest BCUT2D eigenvalue weighted by molar-refractivity contribution is 6.33. The Balaban J connectivity index is 1.30. The fraction of sp³-hybridized carbons (Fsp3) is 0.303. The first-order valence-electron chi connectivity index (χ1n) is 14.6. The molecule has 1 saturated heterocycles. The van der Waals surface area contributed by atoms with E-state index in [4.69, 9.17) is 31.5 Å². The van der Waals surface area contributed by atoms with Crippen LogP contribution in [0, 0.1) is 17.6 Å². The molecule has 1 fully saturated rings. The zero-order valence-electron chi connectivity index (χ0n) is 25.0. The Morgan fingerprint density at radius 2 is 1.89 bits per heavy atom. The zero-order chi connectivity index (χ0) is 31.9. The van der Waals surface area contributed by atoms with Crippen molar-refractivity contribution in [2.45, 2.75) is 26.2 Å². The van der Waals surface area contributed by atoms with E-state index in [2.05, 4.69) is 21.9 Å². The highest BCUT2D eigenvalue weighted by Crippen LogP contribution is 2.38. The molecule has 0 aliphatic carbocycles. The lowest BCUT2D eigenvalue weighted by Gasteiger charge is -2.30. The highest BCUT2D eigenvalue weighted by Gasteiger charge is 2.18. The maximum absolute atomic E-state index is 15.3. The second kappa shape index (κ2) is 14.5. The minimum absolute atomic E-state index is 0.0414. The number of urea groups is 1. The summed E-state index contributed by atoms with van der Waals surface area (Å²) in [5.41, 5.74) is 6.44. The summed E-state index contributed by atoms with van der Waals surface area (Å²) < 4.78 is 46.2. The Bertz CT molecular complexity index is 1700. The van der Waals surface area contributed by atoms with E-state index < -0.39 is 17.7 Å². The molecule has 1 aliphatic heterocycles. The number of carbonyl (C=O) groups is 1. The van der Waals surface area contributed by atoms with Crippen LogP contribution in [0.2, 0.25) is 5.02 Å². The number of ether oxygens (including phenoxy) is 3. The maximum atomic E-state index is 15.3. The number of piperidine rings is 1. The normalized spacial score (nSPS) is 14.2. The predicted molar refractivity (Wildman–Crippen MR) is 171 cm³/mol. The van der Waals surface area contributed by atoms with Gasteiger partial charge in [0.1, 0.15) is 11.6 Å². The number of halogens is 3. The third kappa shape index (κ3) is 7.98. The number of hydrogen-bond donors (Lipinski definition) is 1. The second-order valence-corrected chi connectivity index (χ2v) is 11.2. The van der Waals surface area contributed by atoms with Gasteiger partial charge in [-0.05, 0) is 80.7 Å². The third-order valence-corrected chi connectivity index (χ3v) is 7.93. The number of anilines is 1. The van der Waals surface area contributed by atoms with E-state index in [0.717, 1.165) is 49.1 Å². The molecule has 0 saturated carbocycles. The van der Waals surface area contributed by atoms with Crippen LogP contribution in [0.3, 0.4) is 0 Å². The largest absolute Gasteiger partial charge is 0.493 e. The van der Waals surface area contributed by atoms with Crippen LogP contribution in [-0.2, 0) is 0 Å². The Kier molecular flexibility index (Phi) is 10.3. The highest BCUT2D eigenvalue weighted by atomic mass is 35.5. The smallest absolute Gasteiger partial charge is 0.340 e. The number of aromatic nitrogens is 1. The summed E-state index contributed by atoms with van der Waals surface area (Å²) in [6, 6.07) is 11.7. The zero-order valence-corrected chi connectivity index (χ0v) is 25.8. The van der Waals surface area contributed by atoms with Crippen LogP contribution in [0.25, 0.3) is 10.9 Å². The van der Waals surface area contributed by atoms with Gasteiger partial charge in [-0.3, -0.25) is 4.98 Å². The molecule has 1 aromatic heterocycles. The number of nitrogens with zero attached hydrogens (tertiary/aromatic N) is 4. The molecule has 236 valence electrons. The van der Waals surface area contributed by atoms with Crippen molar-refractivity contribution in [2.24, 2.45) is 16.8 Å². The van der Waals surface area contributed by atoms with Gasteiger partial charge < -0.3 is 24.8 Å². The predicted octanol–water partition coefficient (Wildman–Crippen LogP) is 7.39. The van der Waals surface area contributed by atoms with Gasteiger partial charge in [-0.25, -0.2) is 13.6 Å². The first kappa shape index (κ1) is 31.9. The lowest BCUT2D eigenvalue weighted by Crippen LogP contribution is -2.34. The van der Waals surface area contributed by atoms with E-state index in [1.807, 2.05) is 0 Å². The summed E-state index contributed by atoms with van der Waals surface area (Å²) in [5.74, 6) is 0.798. The molecule has 0 atom stereocenters. The van der Waals surface area contributed by atoms with Gasteiger partial charge in [-0.2, -0.15) is 10.1 Å². The molecule has 0 spiro atoms. The summed E-state index contributed by atoms with van der Waals surface area (Å²) in [7, 11) is 1.55. The molecule has 9 nitrogen and oxygen atoms in total. The lowest BCUT2D eigenvalue weighted by molar-refractivity contribution is 0.176. The fourth-order valence-corrected chi connectivity index (χ4v) is 5.26. The van der Waals surface area contributed by atoms with Gasteiger partial charge in [0.05, 0.1) is 36.2 Å². The van der Waals surface area contributed by atoms with Crippen molar-refractivity contribution < 1.29 is 27.8 Å². The van der Waals surface area contributed by atoms with E-state index in [-0.39, 0.29) is 16.5 Å². The molecular weight excluding hydrogens is 604 g/mol. The summed E-state index contributed by atoms with van der Waals surface area (Å²) in [6.45, 7) is 6.07. The van der Waals surface area contributed by atoms with Crippen molar-refractivity contribution >= 4 is 40.4 Å². The van der Waals surface area contributed by atoms with Crippen LogP contribution in [0.1, 0.15) is 31.7 Å². The molecule has 12 heteroatoms. The van der Waals surface area contributed by atoms with E-state index in [1.165, 1.54) is 43.3 Å². The van der Waals surface area contributed by atoms with E-state index in [0.29, 0.717) is 40.3 Å². The number of fused-ring (bicyclic) bond motifs is 1.